The van der Waals surface area contributed by atoms with E-state index in [2.05, 4.69) is 36.9 Å². The van der Waals surface area contributed by atoms with Crippen molar-refractivity contribution in [2.45, 2.75) is 52.1 Å². The van der Waals surface area contributed by atoms with Crippen molar-refractivity contribution in [2.75, 3.05) is 19.7 Å². The standard InChI is InChI=1S/C18H30N2O/c1-3-10-21-18-7-5-6-16(12-18)14-20-9-8-15(4-2)11-17(20)13-19/h5-7,12,15,17H,3-4,8-11,13-14,19H2,1-2H3. The molecule has 3 heteroatoms. The van der Waals surface area contributed by atoms with Gasteiger partial charge in [-0.3, -0.25) is 4.90 Å². The Morgan fingerprint density at radius 2 is 2.19 bits per heavy atom. The Morgan fingerprint density at radius 1 is 1.33 bits per heavy atom. The van der Waals surface area contributed by atoms with Crippen LogP contribution in [0.3, 0.4) is 0 Å². The predicted molar refractivity (Wildman–Crippen MR) is 88.5 cm³/mol. The van der Waals surface area contributed by atoms with Crippen LogP contribution in [-0.4, -0.2) is 30.6 Å². The van der Waals surface area contributed by atoms with Crippen LogP contribution < -0.4 is 10.5 Å². The van der Waals surface area contributed by atoms with Crippen molar-refractivity contribution in [3.63, 3.8) is 0 Å². The molecule has 1 fully saturated rings. The molecule has 2 rings (SSSR count). The minimum Gasteiger partial charge on any atom is -0.494 e. The maximum atomic E-state index is 5.99. The van der Waals surface area contributed by atoms with Crippen molar-refractivity contribution < 1.29 is 4.74 Å². The van der Waals surface area contributed by atoms with Gasteiger partial charge in [-0.05, 0) is 49.4 Å². The fourth-order valence-electron chi connectivity index (χ4n) is 3.19. The number of hydrogen-bond donors (Lipinski definition) is 1. The molecule has 1 aromatic rings. The number of likely N-dealkylation sites (tertiary alicyclic amines) is 1. The van der Waals surface area contributed by atoms with Gasteiger partial charge in [-0.25, -0.2) is 0 Å². The van der Waals surface area contributed by atoms with E-state index in [1.54, 1.807) is 0 Å². The average molecular weight is 290 g/mol. The molecule has 1 heterocycles. The van der Waals surface area contributed by atoms with Gasteiger partial charge < -0.3 is 10.5 Å². The lowest BCUT2D eigenvalue weighted by Gasteiger charge is -2.39. The molecule has 0 bridgehead atoms. The van der Waals surface area contributed by atoms with Crippen LogP contribution in [0.4, 0.5) is 0 Å². The van der Waals surface area contributed by atoms with Gasteiger partial charge in [0.15, 0.2) is 0 Å². The summed E-state index contributed by atoms with van der Waals surface area (Å²) in [5.41, 5.74) is 7.32. The van der Waals surface area contributed by atoms with E-state index < -0.39 is 0 Å². The zero-order valence-electron chi connectivity index (χ0n) is 13.6. The van der Waals surface area contributed by atoms with Crippen molar-refractivity contribution in [3.8, 4) is 5.75 Å². The van der Waals surface area contributed by atoms with E-state index in [1.807, 2.05) is 6.07 Å². The topological polar surface area (TPSA) is 38.5 Å². The van der Waals surface area contributed by atoms with Crippen molar-refractivity contribution >= 4 is 0 Å². The van der Waals surface area contributed by atoms with E-state index in [4.69, 9.17) is 10.5 Å². The van der Waals surface area contributed by atoms with E-state index in [1.165, 1.54) is 31.4 Å². The fourth-order valence-corrected chi connectivity index (χ4v) is 3.19. The molecule has 0 spiro atoms. The summed E-state index contributed by atoms with van der Waals surface area (Å²) in [6.45, 7) is 8.14. The monoisotopic (exact) mass is 290 g/mol. The number of rotatable bonds is 7. The summed E-state index contributed by atoms with van der Waals surface area (Å²) < 4.78 is 5.73. The molecule has 0 aliphatic carbocycles. The smallest absolute Gasteiger partial charge is 0.119 e. The average Bonchev–Trinajstić information content (AvgIpc) is 2.53. The van der Waals surface area contributed by atoms with E-state index in [-0.39, 0.29) is 0 Å². The summed E-state index contributed by atoms with van der Waals surface area (Å²) in [5, 5.41) is 0. The summed E-state index contributed by atoms with van der Waals surface area (Å²) in [6.07, 6.45) is 4.88. The van der Waals surface area contributed by atoms with Crippen molar-refractivity contribution in [3.05, 3.63) is 29.8 Å². The Morgan fingerprint density at radius 3 is 2.90 bits per heavy atom. The highest BCUT2D eigenvalue weighted by Gasteiger charge is 2.26. The van der Waals surface area contributed by atoms with E-state index in [9.17, 15) is 0 Å². The molecule has 3 nitrogen and oxygen atoms in total. The van der Waals surface area contributed by atoms with Crippen LogP contribution in [0.15, 0.2) is 24.3 Å². The van der Waals surface area contributed by atoms with Gasteiger partial charge in [0, 0.05) is 19.1 Å². The summed E-state index contributed by atoms with van der Waals surface area (Å²) in [5.74, 6) is 1.84. The number of piperidine rings is 1. The minimum absolute atomic E-state index is 0.531. The zero-order chi connectivity index (χ0) is 15.1. The molecule has 0 aromatic heterocycles. The molecule has 1 aromatic carbocycles. The molecule has 1 aliphatic rings. The third kappa shape index (κ3) is 4.72. The summed E-state index contributed by atoms with van der Waals surface area (Å²) in [4.78, 5) is 2.55. The van der Waals surface area contributed by atoms with Crippen LogP contribution in [0, 0.1) is 5.92 Å². The van der Waals surface area contributed by atoms with Crippen LogP contribution >= 0.6 is 0 Å². The fraction of sp³-hybridized carbons (Fsp3) is 0.667. The van der Waals surface area contributed by atoms with Crippen molar-refractivity contribution in [1.29, 1.82) is 0 Å². The third-order valence-electron chi connectivity index (χ3n) is 4.55. The maximum Gasteiger partial charge on any atom is 0.119 e. The molecule has 1 saturated heterocycles. The van der Waals surface area contributed by atoms with Crippen LogP contribution in [0.25, 0.3) is 0 Å². The molecular formula is C18H30N2O. The van der Waals surface area contributed by atoms with E-state index in [0.29, 0.717) is 6.04 Å². The third-order valence-corrected chi connectivity index (χ3v) is 4.55. The molecule has 0 saturated carbocycles. The lowest BCUT2D eigenvalue weighted by Crippen LogP contribution is -2.46. The Bertz CT molecular complexity index is 421. The number of nitrogens with two attached hydrogens (primary N) is 1. The largest absolute Gasteiger partial charge is 0.494 e. The second-order valence-electron chi connectivity index (χ2n) is 6.15. The first-order valence-corrected chi connectivity index (χ1v) is 8.42. The summed E-state index contributed by atoms with van der Waals surface area (Å²) in [6, 6.07) is 9.04. The summed E-state index contributed by atoms with van der Waals surface area (Å²) in [7, 11) is 0. The molecule has 0 amide bonds. The first kappa shape index (κ1) is 16.3. The van der Waals surface area contributed by atoms with Gasteiger partial charge >= 0.3 is 0 Å². The predicted octanol–water partition coefficient (Wildman–Crippen LogP) is 3.42. The van der Waals surface area contributed by atoms with Gasteiger partial charge in [0.1, 0.15) is 5.75 Å². The first-order chi connectivity index (χ1) is 10.3. The number of ether oxygens (including phenoxy) is 1. The van der Waals surface area contributed by atoms with Crippen LogP contribution in [-0.2, 0) is 6.54 Å². The molecule has 2 N–H and O–H groups in total. The second kappa shape index (κ2) is 8.40. The van der Waals surface area contributed by atoms with Crippen LogP contribution in [0.5, 0.6) is 5.75 Å². The Balaban J connectivity index is 1.96. The Kier molecular flexibility index (Phi) is 6.52. The molecule has 2 unspecified atom stereocenters. The number of benzene rings is 1. The van der Waals surface area contributed by atoms with Gasteiger partial charge in [0.2, 0.25) is 0 Å². The Hall–Kier alpha value is -1.06. The lowest BCUT2D eigenvalue weighted by atomic mass is 9.88. The quantitative estimate of drug-likeness (QED) is 0.836. The van der Waals surface area contributed by atoms with E-state index >= 15 is 0 Å². The maximum absolute atomic E-state index is 5.99. The van der Waals surface area contributed by atoms with Crippen molar-refractivity contribution in [1.82, 2.24) is 4.90 Å². The van der Waals surface area contributed by atoms with Crippen LogP contribution in [0.1, 0.15) is 45.1 Å². The highest BCUT2D eigenvalue weighted by molar-refractivity contribution is 5.28. The molecule has 1 aliphatic heterocycles. The van der Waals surface area contributed by atoms with Gasteiger partial charge in [-0.1, -0.05) is 32.4 Å². The highest BCUT2D eigenvalue weighted by Crippen LogP contribution is 2.26. The molecule has 0 radical (unpaired) electrons. The van der Waals surface area contributed by atoms with Gasteiger partial charge in [0.25, 0.3) is 0 Å². The van der Waals surface area contributed by atoms with Gasteiger partial charge in [-0.2, -0.15) is 0 Å². The lowest BCUT2D eigenvalue weighted by molar-refractivity contribution is 0.107. The van der Waals surface area contributed by atoms with Crippen molar-refractivity contribution in [2.24, 2.45) is 11.7 Å². The van der Waals surface area contributed by atoms with Gasteiger partial charge in [-0.15, -0.1) is 0 Å². The normalized spacial score (nSPS) is 23.2. The number of nitrogens with zero attached hydrogens (tertiary/aromatic N) is 1. The second-order valence-corrected chi connectivity index (χ2v) is 6.15. The van der Waals surface area contributed by atoms with E-state index in [0.717, 1.165) is 37.8 Å². The molecule has 21 heavy (non-hydrogen) atoms. The first-order valence-electron chi connectivity index (χ1n) is 8.42. The SMILES string of the molecule is CCCOc1cccc(CN2CCC(CC)CC2CN)c1. The number of hydrogen-bond acceptors (Lipinski definition) is 3. The minimum atomic E-state index is 0.531. The zero-order valence-corrected chi connectivity index (χ0v) is 13.6. The highest BCUT2D eigenvalue weighted by atomic mass is 16.5. The Labute approximate surface area is 129 Å². The van der Waals surface area contributed by atoms with Crippen LogP contribution in [0.2, 0.25) is 0 Å². The molecule has 118 valence electrons. The molecule has 2 atom stereocenters. The molecular weight excluding hydrogens is 260 g/mol. The summed E-state index contributed by atoms with van der Waals surface area (Å²) >= 11 is 0. The van der Waals surface area contributed by atoms with Gasteiger partial charge in [0.05, 0.1) is 6.61 Å².